The normalized spacial score (nSPS) is 12.1. The number of phenolic OH excluding ortho intramolecular Hbond substituents is 1. The zero-order valence-electron chi connectivity index (χ0n) is 10.6. The highest BCUT2D eigenvalue weighted by atomic mass is 16.7. The second-order valence-corrected chi connectivity index (χ2v) is 3.71. The smallest absolute Gasteiger partial charge is 0.369 e. The molecule has 1 aromatic carbocycles. The molecule has 1 rings (SSSR count). The van der Waals surface area contributed by atoms with Crippen molar-refractivity contribution in [3.05, 3.63) is 29.8 Å². The second kappa shape index (κ2) is 6.24. The van der Waals surface area contributed by atoms with Crippen molar-refractivity contribution < 1.29 is 14.7 Å². The molecular formula is C11H15N5O3. The minimum absolute atomic E-state index is 0.0244. The Kier molecular flexibility index (Phi) is 4.69. The fourth-order valence-electron chi connectivity index (χ4n) is 1.02. The topological polar surface area (TPSA) is 127 Å². The van der Waals surface area contributed by atoms with E-state index in [4.69, 9.17) is 11.5 Å². The maximum absolute atomic E-state index is 11.6. The third kappa shape index (κ3) is 4.19. The van der Waals surface area contributed by atoms with Gasteiger partial charge >= 0.3 is 5.97 Å². The predicted molar refractivity (Wildman–Crippen MR) is 70.5 cm³/mol. The summed E-state index contributed by atoms with van der Waals surface area (Å²) in [5.41, 5.74) is 10.9. The third-order valence-electron chi connectivity index (χ3n) is 2.03. The number of guanidine groups is 2. The molecule has 0 amide bonds. The van der Waals surface area contributed by atoms with E-state index >= 15 is 0 Å². The molecule has 0 fully saturated rings. The van der Waals surface area contributed by atoms with Crippen LogP contribution >= 0.6 is 0 Å². The summed E-state index contributed by atoms with van der Waals surface area (Å²) in [4.78, 5) is 21.3. The van der Waals surface area contributed by atoms with E-state index in [-0.39, 0.29) is 23.2 Å². The van der Waals surface area contributed by atoms with Crippen LogP contribution in [0.25, 0.3) is 0 Å². The van der Waals surface area contributed by atoms with E-state index < -0.39 is 5.97 Å². The van der Waals surface area contributed by atoms with Gasteiger partial charge in [-0.1, -0.05) is 12.1 Å². The molecule has 0 aliphatic rings. The lowest BCUT2D eigenvalue weighted by molar-refractivity contribution is 0.0511. The number of nitrogens with two attached hydrogens (primary N) is 2. The lowest BCUT2D eigenvalue weighted by atomic mass is 10.2. The molecule has 0 radical (unpaired) electrons. The molecule has 0 unspecified atom stereocenters. The van der Waals surface area contributed by atoms with Gasteiger partial charge in [-0.05, 0) is 17.3 Å². The van der Waals surface area contributed by atoms with Crippen LogP contribution in [0.15, 0.2) is 34.4 Å². The number of phenols is 1. The van der Waals surface area contributed by atoms with Crippen LogP contribution in [0.1, 0.15) is 10.4 Å². The minimum Gasteiger partial charge on any atom is -0.507 e. The molecular weight excluding hydrogens is 250 g/mol. The molecule has 0 atom stereocenters. The summed E-state index contributed by atoms with van der Waals surface area (Å²) in [5, 5.41) is 12.7. The summed E-state index contributed by atoms with van der Waals surface area (Å²) in [6, 6.07) is 5.89. The van der Waals surface area contributed by atoms with E-state index in [0.29, 0.717) is 0 Å². The Labute approximate surface area is 110 Å². The minimum atomic E-state index is -0.848. The number of hydrogen-bond donors (Lipinski definition) is 3. The van der Waals surface area contributed by atoms with Crippen molar-refractivity contribution in [1.82, 2.24) is 4.90 Å². The van der Waals surface area contributed by atoms with Gasteiger partial charge in [0.2, 0.25) is 0 Å². The van der Waals surface area contributed by atoms with E-state index in [1.54, 1.807) is 26.2 Å². The molecule has 0 bridgehead atoms. The fourth-order valence-corrected chi connectivity index (χ4v) is 1.02. The first kappa shape index (κ1) is 14.3. The first-order valence-electron chi connectivity index (χ1n) is 5.26. The summed E-state index contributed by atoms with van der Waals surface area (Å²) in [6.45, 7) is 0. The van der Waals surface area contributed by atoms with E-state index in [0.717, 1.165) is 0 Å². The predicted octanol–water partition coefficient (Wildman–Crippen LogP) is -0.345. The lowest BCUT2D eigenvalue weighted by Crippen LogP contribution is -2.32. The number of hydrogen-bond acceptors (Lipinski definition) is 4. The van der Waals surface area contributed by atoms with Crippen LogP contribution in [0.2, 0.25) is 0 Å². The van der Waals surface area contributed by atoms with Crippen molar-refractivity contribution in [3.63, 3.8) is 0 Å². The highest BCUT2D eigenvalue weighted by Gasteiger charge is 2.12. The molecule has 1 aromatic rings. The number of carbonyl (C=O) groups excluding carboxylic acids is 1. The molecule has 8 nitrogen and oxygen atoms in total. The fraction of sp³-hybridized carbons (Fsp3) is 0.182. The standard InChI is InChI=1S/C11H15N5O3/c1-16(2)11(13)14-10(12)15-19-9(18)7-5-3-4-6-8(7)17/h3-6,17H,1-2H3,(H4,12,13,14,15). The van der Waals surface area contributed by atoms with Gasteiger partial charge in [0.05, 0.1) is 0 Å². The first-order valence-corrected chi connectivity index (χ1v) is 5.26. The molecule has 102 valence electrons. The largest absolute Gasteiger partial charge is 0.507 e. The molecule has 0 saturated carbocycles. The molecule has 0 aromatic heterocycles. The number of nitrogens with zero attached hydrogens (tertiary/aromatic N) is 3. The van der Waals surface area contributed by atoms with Gasteiger partial charge in [-0.15, -0.1) is 0 Å². The SMILES string of the molecule is CN(C)/C(N)=N/C(N)=N/OC(=O)c1ccccc1O. The van der Waals surface area contributed by atoms with Crippen molar-refractivity contribution in [2.24, 2.45) is 21.6 Å². The number of carbonyl (C=O) groups is 1. The van der Waals surface area contributed by atoms with Crippen LogP contribution in [0, 0.1) is 0 Å². The van der Waals surface area contributed by atoms with Crippen LogP contribution in [0.4, 0.5) is 0 Å². The van der Waals surface area contributed by atoms with Gasteiger partial charge in [-0.25, -0.2) is 4.79 Å². The summed E-state index contributed by atoms with van der Waals surface area (Å²) in [7, 11) is 3.33. The van der Waals surface area contributed by atoms with Gasteiger partial charge in [-0.3, -0.25) is 0 Å². The quantitative estimate of drug-likeness (QED) is 0.290. The van der Waals surface area contributed by atoms with Crippen LogP contribution < -0.4 is 11.5 Å². The van der Waals surface area contributed by atoms with Crippen LogP contribution in [0.3, 0.4) is 0 Å². The molecule has 0 saturated heterocycles. The van der Waals surface area contributed by atoms with Crippen molar-refractivity contribution in [2.45, 2.75) is 0 Å². The molecule has 0 aliphatic carbocycles. The van der Waals surface area contributed by atoms with Crippen molar-refractivity contribution >= 4 is 17.9 Å². The number of aromatic hydroxyl groups is 1. The number of oxime groups is 1. The molecule has 0 spiro atoms. The zero-order chi connectivity index (χ0) is 14.4. The summed E-state index contributed by atoms with van der Waals surface area (Å²) in [5.74, 6) is -1.26. The Hall–Kier alpha value is -2.77. The maximum atomic E-state index is 11.6. The molecule has 0 aliphatic heterocycles. The van der Waals surface area contributed by atoms with Crippen LogP contribution in [-0.4, -0.2) is 42.0 Å². The molecule has 0 heterocycles. The van der Waals surface area contributed by atoms with E-state index in [9.17, 15) is 9.90 Å². The van der Waals surface area contributed by atoms with E-state index in [1.165, 1.54) is 17.0 Å². The molecule has 5 N–H and O–H groups in total. The highest BCUT2D eigenvalue weighted by Crippen LogP contribution is 2.16. The van der Waals surface area contributed by atoms with Gasteiger partial charge < -0.3 is 26.3 Å². The van der Waals surface area contributed by atoms with Crippen LogP contribution in [0.5, 0.6) is 5.75 Å². The summed E-state index contributed by atoms with van der Waals surface area (Å²) >= 11 is 0. The van der Waals surface area contributed by atoms with Gasteiger partial charge in [0, 0.05) is 14.1 Å². The summed E-state index contributed by atoms with van der Waals surface area (Å²) in [6.07, 6.45) is 0. The second-order valence-electron chi connectivity index (χ2n) is 3.71. The number of benzene rings is 1. The average molecular weight is 265 g/mol. The Morgan fingerprint density at radius 3 is 2.53 bits per heavy atom. The summed E-state index contributed by atoms with van der Waals surface area (Å²) < 4.78 is 0. The van der Waals surface area contributed by atoms with Gasteiger partial charge in [-0.2, -0.15) is 4.99 Å². The third-order valence-corrected chi connectivity index (χ3v) is 2.03. The monoisotopic (exact) mass is 265 g/mol. The van der Waals surface area contributed by atoms with Crippen LogP contribution in [-0.2, 0) is 4.84 Å². The highest BCUT2D eigenvalue weighted by molar-refractivity contribution is 5.95. The van der Waals surface area contributed by atoms with E-state index in [1.807, 2.05) is 0 Å². The average Bonchev–Trinajstić information content (AvgIpc) is 2.36. The van der Waals surface area contributed by atoms with E-state index in [2.05, 4.69) is 15.0 Å². The van der Waals surface area contributed by atoms with Gasteiger partial charge in [0.1, 0.15) is 11.3 Å². The van der Waals surface area contributed by atoms with Crippen molar-refractivity contribution in [3.8, 4) is 5.75 Å². The Bertz CT molecular complexity index is 525. The van der Waals surface area contributed by atoms with Gasteiger partial charge in [0.25, 0.3) is 5.96 Å². The van der Waals surface area contributed by atoms with Gasteiger partial charge in [0.15, 0.2) is 5.96 Å². The lowest BCUT2D eigenvalue weighted by Gasteiger charge is -2.09. The number of rotatable bonds is 2. The Balaban J connectivity index is 2.74. The molecule has 19 heavy (non-hydrogen) atoms. The maximum Gasteiger partial charge on any atom is 0.369 e. The molecule has 8 heteroatoms. The Morgan fingerprint density at radius 2 is 1.95 bits per heavy atom. The first-order chi connectivity index (χ1) is 8.91. The number of para-hydroxylation sites is 1. The van der Waals surface area contributed by atoms with Crippen molar-refractivity contribution in [1.29, 1.82) is 0 Å². The number of aliphatic imine (C=N–C) groups is 1. The van der Waals surface area contributed by atoms with Crippen molar-refractivity contribution in [2.75, 3.05) is 14.1 Å². The zero-order valence-corrected chi connectivity index (χ0v) is 10.6. The Morgan fingerprint density at radius 1 is 1.32 bits per heavy atom.